The largest absolute Gasteiger partial charge is 0.373 e. The van der Waals surface area contributed by atoms with E-state index in [-0.39, 0.29) is 0 Å². The number of carbonyl (C=O) groups is 1. The van der Waals surface area contributed by atoms with E-state index < -0.39 is 0 Å². The second kappa shape index (κ2) is 2.94. The molecule has 62 valence electrons. The highest BCUT2D eigenvalue weighted by Gasteiger charge is 2.29. The van der Waals surface area contributed by atoms with Gasteiger partial charge >= 0.3 is 0 Å². The Balaban J connectivity index is 1.77. The first-order chi connectivity index (χ1) is 5.34. The Morgan fingerprint density at radius 2 is 2.36 bits per heavy atom. The minimum atomic E-state index is 0.460. The minimum absolute atomic E-state index is 0.460. The summed E-state index contributed by atoms with van der Waals surface area (Å²) in [5.74, 6) is 1.10. The van der Waals surface area contributed by atoms with Crippen molar-refractivity contribution >= 4 is 5.78 Å². The molecule has 2 unspecified atom stereocenters. The molecule has 0 spiro atoms. The second-order valence-electron chi connectivity index (χ2n) is 3.69. The van der Waals surface area contributed by atoms with Crippen LogP contribution in [0.5, 0.6) is 0 Å². The lowest BCUT2D eigenvalue weighted by atomic mass is 9.85. The number of Topliss-reactive ketones (excluding diaryl/α,β-unsaturated/α-hetero) is 1. The van der Waals surface area contributed by atoms with Crippen molar-refractivity contribution in [1.82, 2.24) is 0 Å². The Labute approximate surface area is 66.9 Å². The number of ketones is 1. The summed E-state index contributed by atoms with van der Waals surface area (Å²) in [5.41, 5.74) is 0. The average molecular weight is 154 g/mol. The van der Waals surface area contributed by atoms with Gasteiger partial charge in [-0.05, 0) is 25.2 Å². The number of hydrogen-bond acceptors (Lipinski definition) is 2. The topological polar surface area (TPSA) is 29.6 Å². The molecule has 0 aromatic rings. The Bertz CT molecular complexity index is 161. The van der Waals surface area contributed by atoms with Crippen LogP contribution in [0.1, 0.15) is 32.1 Å². The van der Waals surface area contributed by atoms with Crippen molar-refractivity contribution in [3.05, 3.63) is 0 Å². The molecule has 2 heteroatoms. The zero-order valence-corrected chi connectivity index (χ0v) is 6.71. The molecule has 1 aliphatic carbocycles. The van der Waals surface area contributed by atoms with E-state index in [9.17, 15) is 4.79 Å². The highest BCUT2D eigenvalue weighted by atomic mass is 16.6. The maximum atomic E-state index is 11.0. The minimum Gasteiger partial charge on any atom is -0.373 e. The van der Waals surface area contributed by atoms with Gasteiger partial charge in [0.15, 0.2) is 0 Å². The third-order valence-electron chi connectivity index (χ3n) is 2.58. The van der Waals surface area contributed by atoms with Crippen molar-refractivity contribution in [3.8, 4) is 0 Å². The molecule has 2 rings (SSSR count). The molecule has 2 aliphatic rings. The zero-order chi connectivity index (χ0) is 7.68. The molecule has 2 nitrogen and oxygen atoms in total. The van der Waals surface area contributed by atoms with Gasteiger partial charge in [-0.2, -0.15) is 0 Å². The van der Waals surface area contributed by atoms with Gasteiger partial charge in [-0.3, -0.25) is 4.79 Å². The summed E-state index contributed by atoms with van der Waals surface area (Å²) in [7, 11) is 0. The van der Waals surface area contributed by atoms with Crippen molar-refractivity contribution in [3.63, 3.8) is 0 Å². The van der Waals surface area contributed by atoms with Gasteiger partial charge < -0.3 is 4.74 Å². The van der Waals surface area contributed by atoms with E-state index >= 15 is 0 Å². The van der Waals surface area contributed by atoms with Gasteiger partial charge in [0.2, 0.25) is 0 Å². The van der Waals surface area contributed by atoms with Crippen LogP contribution < -0.4 is 0 Å². The zero-order valence-electron chi connectivity index (χ0n) is 6.71. The molecule has 2 atom stereocenters. The first kappa shape index (κ1) is 7.29. The van der Waals surface area contributed by atoms with Crippen LogP contribution in [0, 0.1) is 5.92 Å². The number of carbonyl (C=O) groups excluding carboxylic acids is 1. The number of ether oxygens (including phenoxy) is 1. The third-order valence-corrected chi connectivity index (χ3v) is 2.58. The molecule has 11 heavy (non-hydrogen) atoms. The predicted octanol–water partition coefficient (Wildman–Crippen LogP) is 1.53. The standard InChI is InChI=1S/C9H14O2/c10-8-3-1-2-7(4-8)5-9-6-11-9/h7,9H,1-6H2. The molecule has 0 amide bonds. The van der Waals surface area contributed by atoms with Gasteiger partial charge in [-0.1, -0.05) is 0 Å². The number of epoxide rings is 1. The SMILES string of the molecule is O=C1CCCC(CC2CO2)C1. The van der Waals surface area contributed by atoms with E-state index in [2.05, 4.69) is 0 Å². The monoisotopic (exact) mass is 154 g/mol. The second-order valence-corrected chi connectivity index (χ2v) is 3.69. The summed E-state index contributed by atoms with van der Waals surface area (Å²) >= 11 is 0. The van der Waals surface area contributed by atoms with Crippen LogP contribution in [-0.2, 0) is 9.53 Å². The predicted molar refractivity (Wildman–Crippen MR) is 41.3 cm³/mol. The lowest BCUT2D eigenvalue weighted by molar-refractivity contribution is -0.121. The van der Waals surface area contributed by atoms with Crippen LogP contribution >= 0.6 is 0 Å². The van der Waals surface area contributed by atoms with Gasteiger partial charge in [0, 0.05) is 12.8 Å². The smallest absolute Gasteiger partial charge is 0.133 e. The summed E-state index contributed by atoms with van der Waals surface area (Å²) in [6, 6.07) is 0. The summed E-state index contributed by atoms with van der Waals surface area (Å²) in [6.45, 7) is 0.935. The first-order valence-corrected chi connectivity index (χ1v) is 4.48. The molecular formula is C9H14O2. The van der Waals surface area contributed by atoms with Gasteiger partial charge in [0.05, 0.1) is 12.7 Å². The lowest BCUT2D eigenvalue weighted by Gasteiger charge is -2.19. The maximum Gasteiger partial charge on any atom is 0.133 e. The molecule has 1 saturated heterocycles. The van der Waals surface area contributed by atoms with Crippen molar-refractivity contribution in [2.75, 3.05) is 6.61 Å². The molecule has 0 bridgehead atoms. The number of hydrogen-bond donors (Lipinski definition) is 0. The van der Waals surface area contributed by atoms with Crippen molar-refractivity contribution < 1.29 is 9.53 Å². The maximum absolute atomic E-state index is 11.0. The van der Waals surface area contributed by atoms with Crippen LogP contribution in [0.2, 0.25) is 0 Å². The van der Waals surface area contributed by atoms with Crippen LogP contribution in [0.3, 0.4) is 0 Å². The van der Waals surface area contributed by atoms with Crippen LogP contribution in [-0.4, -0.2) is 18.5 Å². The third kappa shape index (κ3) is 2.03. The van der Waals surface area contributed by atoms with Crippen molar-refractivity contribution in [2.45, 2.75) is 38.2 Å². The molecule has 1 saturated carbocycles. The highest BCUT2D eigenvalue weighted by Crippen LogP contribution is 2.29. The van der Waals surface area contributed by atoms with Gasteiger partial charge in [-0.15, -0.1) is 0 Å². The summed E-state index contributed by atoms with van der Waals surface area (Å²) < 4.78 is 5.14. The summed E-state index contributed by atoms with van der Waals surface area (Å²) in [6.07, 6.45) is 5.63. The van der Waals surface area contributed by atoms with Gasteiger partial charge in [0.25, 0.3) is 0 Å². The Hall–Kier alpha value is -0.370. The molecule has 2 fully saturated rings. The molecular weight excluding hydrogens is 140 g/mol. The quantitative estimate of drug-likeness (QED) is 0.564. The van der Waals surface area contributed by atoms with E-state index in [0.717, 1.165) is 32.3 Å². The fraction of sp³-hybridized carbons (Fsp3) is 0.889. The highest BCUT2D eigenvalue weighted by molar-refractivity contribution is 5.79. The number of rotatable bonds is 2. The first-order valence-electron chi connectivity index (χ1n) is 4.48. The normalized spacial score (nSPS) is 37.3. The van der Waals surface area contributed by atoms with E-state index in [1.54, 1.807) is 0 Å². The Morgan fingerprint density at radius 3 is 3.00 bits per heavy atom. The summed E-state index contributed by atoms with van der Waals surface area (Å²) in [4.78, 5) is 11.0. The Kier molecular flexibility index (Phi) is 1.95. The molecule has 0 aromatic carbocycles. The molecule has 1 aliphatic heterocycles. The Morgan fingerprint density at radius 1 is 1.55 bits per heavy atom. The lowest BCUT2D eigenvalue weighted by Crippen LogP contribution is -2.16. The molecule has 1 heterocycles. The van der Waals surface area contributed by atoms with E-state index in [0.29, 0.717) is 17.8 Å². The van der Waals surface area contributed by atoms with Crippen LogP contribution in [0.15, 0.2) is 0 Å². The van der Waals surface area contributed by atoms with Gasteiger partial charge in [0.1, 0.15) is 5.78 Å². The molecule has 0 N–H and O–H groups in total. The van der Waals surface area contributed by atoms with E-state index in [1.165, 1.54) is 6.42 Å². The van der Waals surface area contributed by atoms with Crippen LogP contribution in [0.25, 0.3) is 0 Å². The molecule has 0 radical (unpaired) electrons. The summed E-state index contributed by atoms with van der Waals surface area (Å²) in [5, 5.41) is 0. The van der Waals surface area contributed by atoms with Crippen molar-refractivity contribution in [1.29, 1.82) is 0 Å². The van der Waals surface area contributed by atoms with Gasteiger partial charge in [-0.25, -0.2) is 0 Å². The fourth-order valence-corrected chi connectivity index (χ4v) is 1.89. The fourth-order valence-electron chi connectivity index (χ4n) is 1.89. The average Bonchev–Trinajstić information content (AvgIpc) is 2.71. The van der Waals surface area contributed by atoms with Crippen LogP contribution in [0.4, 0.5) is 0 Å². The molecule has 0 aromatic heterocycles. The van der Waals surface area contributed by atoms with E-state index in [4.69, 9.17) is 4.74 Å². The van der Waals surface area contributed by atoms with Crippen molar-refractivity contribution in [2.24, 2.45) is 5.92 Å². The van der Waals surface area contributed by atoms with E-state index in [1.807, 2.05) is 0 Å².